The number of nitro groups is 1. The normalized spacial score (nSPS) is 10.1. The number of carbonyl (C=O) groups is 1. The van der Waals surface area contributed by atoms with Crippen molar-refractivity contribution in [1.82, 2.24) is 0 Å². The maximum atomic E-state index is 11.5. The third kappa shape index (κ3) is 3.56. The van der Waals surface area contributed by atoms with E-state index < -0.39 is 10.9 Å². The van der Waals surface area contributed by atoms with Crippen molar-refractivity contribution in [3.05, 3.63) is 58.1 Å². The number of nitro benzene ring substituents is 1. The van der Waals surface area contributed by atoms with Gasteiger partial charge in [-0.2, -0.15) is 0 Å². The van der Waals surface area contributed by atoms with Crippen molar-refractivity contribution in [3.8, 4) is 5.75 Å². The van der Waals surface area contributed by atoms with Crippen LogP contribution in [-0.2, 0) is 4.74 Å². The third-order valence-corrected chi connectivity index (χ3v) is 3.94. The molecule has 0 aromatic heterocycles. The Morgan fingerprint density at radius 1 is 1.14 bits per heavy atom. The lowest BCUT2D eigenvalue weighted by atomic mass is 10.2. The van der Waals surface area contributed by atoms with E-state index in [9.17, 15) is 14.9 Å². The van der Waals surface area contributed by atoms with Crippen LogP contribution in [0.3, 0.4) is 0 Å². The number of esters is 1. The largest absolute Gasteiger partial charge is 0.497 e. The molecule has 0 aliphatic rings. The van der Waals surface area contributed by atoms with Gasteiger partial charge in [0.15, 0.2) is 0 Å². The zero-order valence-electron chi connectivity index (χ0n) is 11.9. The lowest BCUT2D eigenvalue weighted by Gasteiger charge is -2.06. The molecule has 0 fully saturated rings. The Kier molecular flexibility index (Phi) is 5.00. The van der Waals surface area contributed by atoms with Gasteiger partial charge in [0.2, 0.25) is 0 Å². The van der Waals surface area contributed by atoms with Crippen LogP contribution in [0.2, 0.25) is 0 Å². The predicted molar refractivity (Wildman–Crippen MR) is 81.6 cm³/mol. The highest BCUT2D eigenvalue weighted by atomic mass is 32.2. The number of carbonyl (C=O) groups excluding carboxylic acids is 1. The third-order valence-electron chi connectivity index (χ3n) is 2.86. The second kappa shape index (κ2) is 6.95. The highest BCUT2D eigenvalue weighted by Gasteiger charge is 2.18. The fourth-order valence-electron chi connectivity index (χ4n) is 1.76. The van der Waals surface area contributed by atoms with Crippen molar-refractivity contribution in [2.24, 2.45) is 0 Å². The highest BCUT2D eigenvalue weighted by Crippen LogP contribution is 2.36. The maximum absolute atomic E-state index is 11.5. The summed E-state index contributed by atoms with van der Waals surface area (Å²) in [5.41, 5.74) is 0.0111. The summed E-state index contributed by atoms with van der Waals surface area (Å²) in [4.78, 5) is 23.4. The molecule has 7 heteroatoms. The van der Waals surface area contributed by atoms with Gasteiger partial charge in [-0.1, -0.05) is 11.8 Å². The quantitative estimate of drug-likeness (QED) is 0.476. The van der Waals surface area contributed by atoms with Crippen LogP contribution in [0.5, 0.6) is 5.75 Å². The predicted octanol–water partition coefficient (Wildman–Crippen LogP) is 3.54. The van der Waals surface area contributed by atoms with Gasteiger partial charge in [0.05, 0.1) is 29.6 Å². The van der Waals surface area contributed by atoms with Crippen LogP contribution >= 0.6 is 11.8 Å². The second-order valence-corrected chi connectivity index (χ2v) is 5.32. The molecule has 0 aliphatic heterocycles. The van der Waals surface area contributed by atoms with Gasteiger partial charge in [0.1, 0.15) is 5.75 Å². The first kappa shape index (κ1) is 15.8. The van der Waals surface area contributed by atoms with E-state index in [1.807, 2.05) is 0 Å². The standard InChI is InChI=1S/C15H13NO5S/c1-20-11-4-6-12(7-5-11)22-14-8-3-10(15(17)21-2)9-13(14)16(18)19/h3-9H,1-2H3. The van der Waals surface area contributed by atoms with Crippen LogP contribution in [0.4, 0.5) is 5.69 Å². The number of benzene rings is 2. The molecule has 0 unspecified atom stereocenters. The van der Waals surface area contributed by atoms with Crippen LogP contribution in [0.25, 0.3) is 0 Å². The zero-order chi connectivity index (χ0) is 16.1. The molecule has 114 valence electrons. The summed E-state index contributed by atoms with van der Waals surface area (Å²) in [6.07, 6.45) is 0. The van der Waals surface area contributed by atoms with Crippen molar-refractivity contribution in [1.29, 1.82) is 0 Å². The molecule has 0 N–H and O–H groups in total. The number of hydrogen-bond donors (Lipinski definition) is 0. The molecule has 0 aliphatic carbocycles. The van der Waals surface area contributed by atoms with Crippen molar-refractivity contribution in [2.45, 2.75) is 9.79 Å². The highest BCUT2D eigenvalue weighted by molar-refractivity contribution is 7.99. The minimum Gasteiger partial charge on any atom is -0.497 e. The van der Waals surface area contributed by atoms with E-state index in [4.69, 9.17) is 4.74 Å². The van der Waals surface area contributed by atoms with Crippen LogP contribution in [0, 0.1) is 10.1 Å². The zero-order valence-corrected chi connectivity index (χ0v) is 12.8. The minimum atomic E-state index is -0.607. The smallest absolute Gasteiger partial charge is 0.338 e. The number of methoxy groups -OCH3 is 2. The first-order valence-electron chi connectivity index (χ1n) is 6.24. The summed E-state index contributed by atoms with van der Waals surface area (Å²) in [7, 11) is 2.80. The Morgan fingerprint density at radius 3 is 2.36 bits per heavy atom. The summed E-state index contributed by atoms with van der Waals surface area (Å²) in [6, 6.07) is 11.4. The Balaban J connectivity index is 2.33. The summed E-state index contributed by atoms with van der Waals surface area (Å²) < 4.78 is 9.64. The van der Waals surface area contributed by atoms with Crippen molar-refractivity contribution in [2.75, 3.05) is 14.2 Å². The summed E-state index contributed by atoms with van der Waals surface area (Å²) >= 11 is 1.24. The number of hydrogen-bond acceptors (Lipinski definition) is 6. The summed E-state index contributed by atoms with van der Waals surface area (Å²) in [5.74, 6) is 0.101. The Bertz CT molecular complexity index is 700. The van der Waals surface area contributed by atoms with E-state index in [2.05, 4.69) is 4.74 Å². The van der Waals surface area contributed by atoms with E-state index in [1.54, 1.807) is 37.4 Å². The van der Waals surface area contributed by atoms with Gasteiger partial charge < -0.3 is 9.47 Å². The van der Waals surface area contributed by atoms with E-state index in [0.29, 0.717) is 10.6 Å². The average Bonchev–Trinajstić information content (AvgIpc) is 2.55. The van der Waals surface area contributed by atoms with Crippen molar-refractivity contribution >= 4 is 23.4 Å². The monoisotopic (exact) mass is 319 g/mol. The molecule has 0 amide bonds. The molecule has 2 aromatic carbocycles. The Morgan fingerprint density at radius 2 is 1.82 bits per heavy atom. The van der Waals surface area contributed by atoms with Gasteiger partial charge in [0.25, 0.3) is 5.69 Å². The summed E-state index contributed by atoms with van der Waals surface area (Å²) in [6.45, 7) is 0. The molecular formula is C15H13NO5S. The fourth-order valence-corrected chi connectivity index (χ4v) is 2.66. The van der Waals surface area contributed by atoms with Gasteiger partial charge in [-0.25, -0.2) is 4.79 Å². The molecule has 2 rings (SSSR count). The first-order valence-corrected chi connectivity index (χ1v) is 7.05. The summed E-state index contributed by atoms with van der Waals surface area (Å²) in [5, 5.41) is 11.2. The molecule has 0 atom stereocenters. The molecule has 0 heterocycles. The van der Waals surface area contributed by atoms with Gasteiger partial charge in [-0.05, 0) is 36.4 Å². The van der Waals surface area contributed by atoms with Crippen molar-refractivity contribution in [3.63, 3.8) is 0 Å². The van der Waals surface area contributed by atoms with Crippen LogP contribution in [-0.4, -0.2) is 25.1 Å². The molecule has 0 bridgehead atoms. The number of rotatable bonds is 5. The number of nitrogens with zero attached hydrogens (tertiary/aromatic N) is 1. The van der Waals surface area contributed by atoms with Gasteiger partial charge >= 0.3 is 5.97 Å². The molecule has 0 spiro atoms. The lowest BCUT2D eigenvalue weighted by molar-refractivity contribution is -0.387. The molecule has 2 aromatic rings. The molecule has 0 saturated carbocycles. The maximum Gasteiger partial charge on any atom is 0.338 e. The Hall–Kier alpha value is -2.54. The van der Waals surface area contributed by atoms with Gasteiger partial charge in [-0.15, -0.1) is 0 Å². The topological polar surface area (TPSA) is 78.7 Å². The fraction of sp³-hybridized carbons (Fsp3) is 0.133. The van der Waals surface area contributed by atoms with Crippen LogP contribution < -0.4 is 4.74 Å². The van der Waals surface area contributed by atoms with Crippen LogP contribution in [0.1, 0.15) is 10.4 Å². The van der Waals surface area contributed by atoms with Crippen molar-refractivity contribution < 1.29 is 19.2 Å². The molecule has 22 heavy (non-hydrogen) atoms. The van der Waals surface area contributed by atoms with Gasteiger partial charge in [0, 0.05) is 11.0 Å². The average molecular weight is 319 g/mol. The first-order chi connectivity index (χ1) is 10.5. The molecule has 0 saturated heterocycles. The van der Waals surface area contributed by atoms with E-state index >= 15 is 0 Å². The SMILES string of the molecule is COC(=O)c1ccc(Sc2ccc(OC)cc2)c([N+](=O)[O-])c1. The van der Waals surface area contributed by atoms with E-state index in [-0.39, 0.29) is 11.3 Å². The number of ether oxygens (including phenoxy) is 2. The minimum absolute atomic E-state index is 0.135. The molecule has 0 radical (unpaired) electrons. The lowest BCUT2D eigenvalue weighted by Crippen LogP contribution is -2.02. The van der Waals surface area contributed by atoms with E-state index in [1.165, 1.54) is 31.0 Å². The second-order valence-electron chi connectivity index (χ2n) is 4.21. The van der Waals surface area contributed by atoms with E-state index in [0.717, 1.165) is 4.90 Å². The van der Waals surface area contributed by atoms with Gasteiger partial charge in [-0.3, -0.25) is 10.1 Å². The Labute approximate surface area is 131 Å². The molecular weight excluding hydrogens is 306 g/mol. The van der Waals surface area contributed by atoms with Crippen LogP contribution in [0.15, 0.2) is 52.3 Å². The molecule has 6 nitrogen and oxygen atoms in total.